The van der Waals surface area contributed by atoms with Gasteiger partial charge in [0.25, 0.3) is 0 Å². The summed E-state index contributed by atoms with van der Waals surface area (Å²) in [5, 5.41) is 18.1. The van der Waals surface area contributed by atoms with Crippen LogP contribution < -0.4 is 0 Å². The van der Waals surface area contributed by atoms with Gasteiger partial charge in [-0.3, -0.25) is 4.79 Å². The van der Waals surface area contributed by atoms with Crippen molar-refractivity contribution in [1.29, 1.82) is 0 Å². The first-order valence-electron chi connectivity index (χ1n) is 16.2. The van der Waals surface area contributed by atoms with E-state index < -0.39 is 0 Å². The third-order valence-corrected chi connectivity index (χ3v) is 12.6. The van der Waals surface area contributed by atoms with Crippen LogP contribution in [0.4, 0.5) is 0 Å². The normalized spacial score (nSPS) is 12.6. The second-order valence-corrected chi connectivity index (χ2v) is 16.5. The Balaban J connectivity index is 0.000000290. The fraction of sp³-hybridized carbons (Fsp3) is 0.400. The van der Waals surface area contributed by atoms with Crippen molar-refractivity contribution in [2.75, 3.05) is 0 Å². The molecule has 0 spiro atoms. The Morgan fingerprint density at radius 1 is 0.957 bits per heavy atom. The number of carbonyl (C=O) groups is 1. The van der Waals surface area contributed by atoms with Crippen LogP contribution in [0.1, 0.15) is 93.6 Å². The van der Waals surface area contributed by atoms with Gasteiger partial charge in [0, 0.05) is 62.7 Å². The van der Waals surface area contributed by atoms with Gasteiger partial charge >= 0.3 is 0 Å². The van der Waals surface area contributed by atoms with E-state index in [0.29, 0.717) is 0 Å². The fourth-order valence-electron chi connectivity index (χ4n) is 5.50. The fourth-order valence-corrected chi connectivity index (χ4v) is 8.38. The van der Waals surface area contributed by atoms with Crippen molar-refractivity contribution in [3.8, 4) is 11.3 Å². The number of carbonyl (C=O) groups excluding carboxylic acids is 1. The molecule has 47 heavy (non-hydrogen) atoms. The summed E-state index contributed by atoms with van der Waals surface area (Å²) in [4.78, 5) is 18.2. The van der Waals surface area contributed by atoms with Gasteiger partial charge in [-0.25, -0.2) is 0 Å². The van der Waals surface area contributed by atoms with Gasteiger partial charge in [0.1, 0.15) is 5.76 Å². The quantitative estimate of drug-likeness (QED) is 0.0658. The zero-order valence-electron chi connectivity index (χ0n) is 29.2. The molecule has 0 atom stereocenters. The molecule has 1 radical (unpaired) electrons. The number of hydrogen-bond donors (Lipinski definition) is 1. The van der Waals surface area contributed by atoms with Gasteiger partial charge in [0.15, 0.2) is 5.78 Å². The second kappa shape index (κ2) is 16.0. The number of benzene rings is 2. The number of pyridine rings is 1. The molecule has 3 heterocycles. The van der Waals surface area contributed by atoms with Crippen LogP contribution in [0.5, 0.6) is 0 Å². The zero-order chi connectivity index (χ0) is 33.9. The topological polar surface area (TPSA) is 50.2 Å². The summed E-state index contributed by atoms with van der Waals surface area (Å²) >= 11 is 5.32. The van der Waals surface area contributed by atoms with Crippen LogP contribution in [-0.4, -0.2) is 15.9 Å². The van der Waals surface area contributed by atoms with E-state index in [4.69, 9.17) is 4.98 Å². The van der Waals surface area contributed by atoms with E-state index in [-0.39, 0.29) is 47.9 Å². The number of thiophene rings is 2. The van der Waals surface area contributed by atoms with Crippen LogP contribution in [0.2, 0.25) is 0 Å². The molecule has 0 saturated carbocycles. The van der Waals surface area contributed by atoms with Crippen LogP contribution >= 0.6 is 34.4 Å². The summed E-state index contributed by atoms with van der Waals surface area (Å²) in [6.07, 6.45) is 6.68. The predicted molar refractivity (Wildman–Crippen MR) is 205 cm³/mol. The minimum absolute atomic E-state index is 0. The molecule has 5 rings (SSSR count). The first kappa shape index (κ1) is 39.2. The number of ketones is 1. The van der Waals surface area contributed by atoms with Crippen LogP contribution in [-0.2, 0) is 30.3 Å². The SMILES string of the molecule is C=CSc1c[c-]c(-c2nccc3sc4c5ccsc5ccc4c23)cc1C(C)(C)C.CCC(C)(CC)C(=O)/C=C(\O)C(C)(CC)CC.[Ir]. The molecule has 1 N–H and O–H groups in total. The average molecular weight is 863 g/mol. The van der Waals surface area contributed by atoms with Gasteiger partial charge in [0.05, 0.1) is 0 Å². The number of aromatic nitrogens is 1. The standard InChI is InChI=1S/C25H20NS3.C15H28O2.Ir/c1-5-27-20-8-6-15(14-18(20)25(2,3)4)23-22-17-7-9-19-16(11-13-28-19)24(17)29-21(22)10-12-26-23;1-7-14(5,8-2)12(16)11-13(17)15(6,9-3)10-4;/h5,7-14H,1H2,2-4H3;11,16H,7-10H2,1-6H3;/q-1;;/b;12-11-;. The van der Waals surface area contributed by atoms with Crippen molar-refractivity contribution >= 4 is 70.5 Å². The zero-order valence-corrected chi connectivity index (χ0v) is 34.0. The number of thioether (sulfide) groups is 1. The van der Waals surface area contributed by atoms with Crippen LogP contribution in [0, 0.1) is 16.9 Å². The monoisotopic (exact) mass is 863 g/mol. The summed E-state index contributed by atoms with van der Waals surface area (Å²) in [7, 11) is 0. The number of hydrogen-bond acceptors (Lipinski definition) is 6. The van der Waals surface area contributed by atoms with E-state index >= 15 is 0 Å². The number of nitrogens with zero attached hydrogens (tertiary/aromatic N) is 1. The maximum atomic E-state index is 12.2. The maximum absolute atomic E-state index is 12.2. The Hall–Kier alpha value is -2.28. The molecule has 0 fully saturated rings. The van der Waals surface area contributed by atoms with E-state index in [2.05, 4.69) is 75.2 Å². The van der Waals surface area contributed by atoms with Gasteiger partial charge < -0.3 is 10.1 Å². The van der Waals surface area contributed by atoms with Crippen LogP contribution in [0.15, 0.2) is 76.7 Å². The number of rotatable bonds is 10. The molecule has 3 aromatic heterocycles. The molecule has 253 valence electrons. The first-order valence-corrected chi connectivity index (χ1v) is 18.8. The molecule has 0 amide bonds. The molecule has 2 aromatic carbocycles. The van der Waals surface area contributed by atoms with E-state index in [1.807, 2.05) is 64.5 Å². The van der Waals surface area contributed by atoms with Crippen molar-refractivity contribution < 1.29 is 30.0 Å². The smallest absolute Gasteiger partial charge is 0.164 e. The van der Waals surface area contributed by atoms with Crippen LogP contribution in [0.3, 0.4) is 0 Å². The molecule has 7 heteroatoms. The van der Waals surface area contributed by atoms with Crippen molar-refractivity contribution in [3.63, 3.8) is 0 Å². The van der Waals surface area contributed by atoms with Crippen molar-refractivity contribution in [1.82, 2.24) is 4.98 Å². The molecule has 0 aliphatic carbocycles. The van der Waals surface area contributed by atoms with Crippen LogP contribution in [0.25, 0.3) is 41.5 Å². The summed E-state index contributed by atoms with van der Waals surface area (Å²) < 4.78 is 3.97. The molecule has 0 aliphatic rings. The van der Waals surface area contributed by atoms with Gasteiger partial charge in [-0.2, -0.15) is 11.8 Å². The Kier molecular flexibility index (Phi) is 13.3. The van der Waals surface area contributed by atoms with Crippen molar-refractivity contribution in [2.45, 2.75) is 98.3 Å². The molecule has 0 aliphatic heterocycles. The number of fused-ring (bicyclic) bond motifs is 5. The van der Waals surface area contributed by atoms with Crippen molar-refractivity contribution in [3.05, 3.63) is 83.4 Å². The summed E-state index contributed by atoms with van der Waals surface area (Å²) in [6.45, 7) is 22.7. The molecular weight excluding hydrogens is 815 g/mol. The van der Waals surface area contributed by atoms with E-state index in [0.717, 1.165) is 36.9 Å². The van der Waals surface area contributed by atoms with Crippen molar-refractivity contribution in [2.24, 2.45) is 10.8 Å². The molecule has 3 nitrogen and oxygen atoms in total. The predicted octanol–water partition coefficient (Wildman–Crippen LogP) is 13.3. The molecular formula is C40H48IrNO2S3-. The van der Waals surface area contributed by atoms with E-state index in [9.17, 15) is 9.90 Å². The summed E-state index contributed by atoms with van der Waals surface area (Å²) in [5.41, 5.74) is 2.80. The Morgan fingerprint density at radius 3 is 2.21 bits per heavy atom. The van der Waals surface area contributed by atoms with E-state index in [1.54, 1.807) is 23.1 Å². The maximum Gasteiger partial charge on any atom is 0.164 e. The summed E-state index contributed by atoms with van der Waals surface area (Å²) in [5.74, 6) is 0.286. The molecule has 0 unspecified atom stereocenters. The minimum atomic E-state index is -0.337. The summed E-state index contributed by atoms with van der Waals surface area (Å²) in [6, 6.07) is 16.7. The van der Waals surface area contributed by atoms with Gasteiger partial charge in [-0.1, -0.05) is 79.9 Å². The Labute approximate surface area is 307 Å². The third-order valence-electron chi connectivity index (χ3n) is 9.77. The second-order valence-electron chi connectivity index (χ2n) is 13.5. The molecule has 0 saturated heterocycles. The molecule has 5 aromatic rings. The average Bonchev–Trinajstić information content (AvgIpc) is 3.69. The van der Waals surface area contributed by atoms with Gasteiger partial charge in [-0.05, 0) is 76.6 Å². The number of aliphatic hydroxyl groups excluding tert-OH is 1. The number of allylic oxidation sites excluding steroid dienone is 2. The first-order chi connectivity index (χ1) is 21.8. The Bertz CT molecular complexity index is 1880. The Morgan fingerprint density at radius 2 is 1.62 bits per heavy atom. The number of aliphatic hydroxyl groups is 1. The molecule has 0 bridgehead atoms. The van der Waals surface area contributed by atoms with Gasteiger partial charge in [-0.15, -0.1) is 52.0 Å². The largest absolute Gasteiger partial charge is 0.512 e. The van der Waals surface area contributed by atoms with Gasteiger partial charge in [0.2, 0.25) is 0 Å². The van der Waals surface area contributed by atoms with E-state index in [1.165, 1.54) is 46.8 Å². The third kappa shape index (κ3) is 8.13. The minimum Gasteiger partial charge on any atom is -0.512 e.